The van der Waals surface area contributed by atoms with E-state index in [4.69, 9.17) is 0 Å². The Kier molecular flexibility index (Phi) is 3.65. The molecule has 1 aliphatic heterocycles. The summed E-state index contributed by atoms with van der Waals surface area (Å²) in [7, 11) is -3.12. The molecule has 3 aliphatic rings. The number of sulfonamides is 1. The minimum atomic E-state index is -3.12. The van der Waals surface area contributed by atoms with Crippen LogP contribution >= 0.6 is 0 Å². The fraction of sp³-hybridized carbons (Fsp3) is 1.00. The summed E-state index contributed by atoms with van der Waals surface area (Å²) in [5.41, 5.74) is -0.583. The van der Waals surface area contributed by atoms with E-state index in [0.29, 0.717) is 19.5 Å². The number of hydrogen-bond acceptors (Lipinski definition) is 3. The number of rotatable bonds is 2. The highest BCUT2D eigenvalue weighted by Crippen LogP contribution is 2.41. The van der Waals surface area contributed by atoms with Crippen LogP contribution in [0.25, 0.3) is 0 Å². The summed E-state index contributed by atoms with van der Waals surface area (Å²) in [6.07, 6.45) is 8.43. The molecule has 2 unspecified atom stereocenters. The van der Waals surface area contributed by atoms with Gasteiger partial charge in [0.25, 0.3) is 0 Å². The molecule has 3 fully saturated rings. The molecular weight excluding hydrogens is 262 g/mol. The predicted molar refractivity (Wildman–Crippen MR) is 74.3 cm³/mol. The standard InChI is InChI=1S/C14H25NO3S/c16-14-8-4-3-5-12(14)11-15(10-9-14)19(17,18)13-6-1-2-7-13/h12-13,16H,1-11H2. The third-order valence-corrected chi connectivity index (χ3v) is 7.84. The zero-order valence-corrected chi connectivity index (χ0v) is 12.4. The minimum Gasteiger partial charge on any atom is -0.390 e. The molecule has 0 aromatic carbocycles. The van der Waals surface area contributed by atoms with Gasteiger partial charge in [0.2, 0.25) is 10.0 Å². The summed E-state index contributed by atoms with van der Waals surface area (Å²) in [4.78, 5) is 0. The second kappa shape index (κ2) is 5.01. The number of nitrogens with zero attached hydrogens (tertiary/aromatic N) is 1. The maximum absolute atomic E-state index is 12.6. The van der Waals surface area contributed by atoms with Crippen molar-refractivity contribution in [3.8, 4) is 0 Å². The molecule has 0 amide bonds. The molecule has 0 bridgehead atoms. The van der Waals surface area contributed by atoms with Crippen LogP contribution in [0.1, 0.15) is 57.8 Å². The van der Waals surface area contributed by atoms with E-state index in [1.54, 1.807) is 4.31 Å². The Morgan fingerprint density at radius 2 is 1.68 bits per heavy atom. The van der Waals surface area contributed by atoms with Gasteiger partial charge in [0.05, 0.1) is 10.9 Å². The summed E-state index contributed by atoms with van der Waals surface area (Å²) in [6, 6.07) is 0. The van der Waals surface area contributed by atoms with Gasteiger partial charge in [-0.3, -0.25) is 0 Å². The average Bonchev–Trinajstić information content (AvgIpc) is 2.92. The normalized spacial score (nSPS) is 38.3. The monoisotopic (exact) mass is 287 g/mol. The Morgan fingerprint density at radius 1 is 1.00 bits per heavy atom. The van der Waals surface area contributed by atoms with Crippen molar-refractivity contribution in [3.63, 3.8) is 0 Å². The second-order valence-corrected chi connectivity index (χ2v) is 8.82. The first kappa shape index (κ1) is 13.8. The molecular formula is C14H25NO3S. The van der Waals surface area contributed by atoms with Crippen molar-refractivity contribution in [1.29, 1.82) is 0 Å². The Morgan fingerprint density at radius 3 is 2.42 bits per heavy atom. The Hall–Kier alpha value is -0.130. The maximum Gasteiger partial charge on any atom is 0.216 e. The van der Waals surface area contributed by atoms with Crippen LogP contribution < -0.4 is 0 Å². The minimum absolute atomic E-state index is 0.151. The van der Waals surface area contributed by atoms with Gasteiger partial charge < -0.3 is 5.11 Å². The van der Waals surface area contributed by atoms with Gasteiger partial charge in [-0.05, 0) is 32.1 Å². The SMILES string of the molecule is O=S(=O)(C1CCCC1)N1CCC2(O)CCCCC2C1. The van der Waals surface area contributed by atoms with Crippen molar-refractivity contribution < 1.29 is 13.5 Å². The van der Waals surface area contributed by atoms with Crippen molar-refractivity contribution in [3.05, 3.63) is 0 Å². The fourth-order valence-electron chi connectivity index (χ4n) is 4.17. The second-order valence-electron chi connectivity index (χ2n) is 6.61. The number of aliphatic hydroxyl groups is 1. The van der Waals surface area contributed by atoms with E-state index in [1.165, 1.54) is 0 Å². The molecule has 5 heteroatoms. The van der Waals surface area contributed by atoms with Gasteiger partial charge in [-0.15, -0.1) is 0 Å². The molecule has 1 N–H and O–H groups in total. The van der Waals surface area contributed by atoms with Crippen LogP contribution in [0.4, 0.5) is 0 Å². The molecule has 2 aliphatic carbocycles. The molecule has 2 atom stereocenters. The predicted octanol–water partition coefficient (Wildman–Crippen LogP) is 1.89. The van der Waals surface area contributed by atoms with E-state index in [-0.39, 0.29) is 11.2 Å². The summed E-state index contributed by atoms with van der Waals surface area (Å²) in [6.45, 7) is 1.07. The average molecular weight is 287 g/mol. The van der Waals surface area contributed by atoms with Gasteiger partial charge in [-0.25, -0.2) is 12.7 Å². The molecule has 19 heavy (non-hydrogen) atoms. The lowest BCUT2D eigenvalue weighted by Gasteiger charge is -2.47. The first-order chi connectivity index (χ1) is 9.02. The number of piperidine rings is 1. The maximum atomic E-state index is 12.6. The van der Waals surface area contributed by atoms with E-state index >= 15 is 0 Å². The Balaban J connectivity index is 1.73. The molecule has 2 saturated carbocycles. The third kappa shape index (κ3) is 2.45. The van der Waals surface area contributed by atoms with E-state index in [1.807, 2.05) is 0 Å². The summed E-state index contributed by atoms with van der Waals surface area (Å²) in [5.74, 6) is 0.158. The van der Waals surface area contributed by atoms with Crippen molar-refractivity contribution in [2.45, 2.75) is 68.6 Å². The van der Waals surface area contributed by atoms with E-state index < -0.39 is 15.6 Å². The highest BCUT2D eigenvalue weighted by molar-refractivity contribution is 7.89. The largest absolute Gasteiger partial charge is 0.390 e. The van der Waals surface area contributed by atoms with Crippen LogP contribution in [-0.2, 0) is 10.0 Å². The molecule has 4 nitrogen and oxygen atoms in total. The van der Waals surface area contributed by atoms with Crippen LogP contribution in [0.3, 0.4) is 0 Å². The van der Waals surface area contributed by atoms with Crippen molar-refractivity contribution >= 4 is 10.0 Å². The van der Waals surface area contributed by atoms with Crippen molar-refractivity contribution in [2.24, 2.45) is 5.92 Å². The van der Waals surface area contributed by atoms with Gasteiger partial charge >= 0.3 is 0 Å². The lowest BCUT2D eigenvalue weighted by molar-refractivity contribution is -0.0817. The lowest BCUT2D eigenvalue weighted by Crippen LogP contribution is -2.55. The zero-order valence-electron chi connectivity index (χ0n) is 11.6. The van der Waals surface area contributed by atoms with Crippen molar-refractivity contribution in [2.75, 3.05) is 13.1 Å². The van der Waals surface area contributed by atoms with Crippen LogP contribution in [0.15, 0.2) is 0 Å². The van der Waals surface area contributed by atoms with Crippen LogP contribution in [0.2, 0.25) is 0 Å². The number of hydrogen-bond donors (Lipinski definition) is 1. The summed E-state index contributed by atoms with van der Waals surface area (Å²) < 4.78 is 26.9. The molecule has 110 valence electrons. The van der Waals surface area contributed by atoms with Gasteiger partial charge in [0.1, 0.15) is 0 Å². The summed E-state index contributed by atoms with van der Waals surface area (Å²) >= 11 is 0. The highest BCUT2D eigenvalue weighted by atomic mass is 32.2. The molecule has 0 spiro atoms. The first-order valence-electron chi connectivity index (χ1n) is 7.74. The molecule has 0 aromatic heterocycles. The van der Waals surface area contributed by atoms with Gasteiger partial charge in [0, 0.05) is 19.0 Å². The lowest BCUT2D eigenvalue weighted by atomic mass is 9.72. The van der Waals surface area contributed by atoms with Gasteiger partial charge in [0.15, 0.2) is 0 Å². The van der Waals surface area contributed by atoms with Crippen LogP contribution in [0.5, 0.6) is 0 Å². The van der Waals surface area contributed by atoms with Gasteiger partial charge in [-0.1, -0.05) is 25.7 Å². The topological polar surface area (TPSA) is 57.6 Å². The van der Waals surface area contributed by atoms with Crippen molar-refractivity contribution in [1.82, 2.24) is 4.31 Å². The zero-order chi connectivity index (χ0) is 13.5. The highest BCUT2D eigenvalue weighted by Gasteiger charge is 2.46. The fourth-order valence-corrected chi connectivity index (χ4v) is 6.25. The Labute approximate surface area is 116 Å². The van der Waals surface area contributed by atoms with Gasteiger partial charge in [-0.2, -0.15) is 0 Å². The van der Waals surface area contributed by atoms with E-state index in [2.05, 4.69) is 0 Å². The Bertz CT molecular complexity index is 430. The third-order valence-electron chi connectivity index (χ3n) is 5.47. The molecule has 3 rings (SSSR count). The molecule has 0 radical (unpaired) electrons. The molecule has 0 aromatic rings. The molecule has 1 saturated heterocycles. The first-order valence-corrected chi connectivity index (χ1v) is 9.24. The van der Waals surface area contributed by atoms with E-state index in [9.17, 15) is 13.5 Å². The quantitative estimate of drug-likeness (QED) is 0.843. The van der Waals surface area contributed by atoms with Crippen LogP contribution in [-0.4, -0.2) is 41.8 Å². The number of fused-ring (bicyclic) bond motifs is 1. The van der Waals surface area contributed by atoms with E-state index in [0.717, 1.165) is 51.4 Å². The molecule has 1 heterocycles. The smallest absolute Gasteiger partial charge is 0.216 e. The summed E-state index contributed by atoms with van der Waals surface area (Å²) in [5, 5.41) is 10.5. The van der Waals surface area contributed by atoms with Crippen LogP contribution in [0, 0.1) is 5.92 Å².